The monoisotopic (exact) mass is 437 g/mol. The molecule has 5 nitrogen and oxygen atoms in total. The Labute approximate surface area is 192 Å². The van der Waals surface area contributed by atoms with Crippen LogP contribution in [0.3, 0.4) is 0 Å². The van der Waals surface area contributed by atoms with E-state index in [9.17, 15) is 4.79 Å². The van der Waals surface area contributed by atoms with Crippen LogP contribution in [-0.4, -0.2) is 24.5 Å². The lowest BCUT2D eigenvalue weighted by Crippen LogP contribution is -2.50. The fourth-order valence-electron chi connectivity index (χ4n) is 9.11. The summed E-state index contributed by atoms with van der Waals surface area (Å²) in [6.07, 6.45) is 11.3. The number of rotatable bonds is 1. The van der Waals surface area contributed by atoms with Crippen molar-refractivity contribution in [3.8, 4) is 0 Å². The Balaban J connectivity index is 1.29. The molecule has 4 aliphatic carbocycles. The number of nitrogens with one attached hydrogen (secondary N) is 1. The molecule has 3 fully saturated rings. The molecule has 0 saturated heterocycles. The molecule has 0 amide bonds. The Hall–Kier alpha value is -1.65. The maximum absolute atomic E-state index is 12.1. The van der Waals surface area contributed by atoms with Crippen LogP contribution in [0.4, 0.5) is 0 Å². The number of allylic oxidation sites excluding steroid dienone is 2. The lowest BCUT2D eigenvalue weighted by Gasteiger charge is -2.57. The molecule has 0 radical (unpaired) electrons. The SMILES string of the molecule is CC1=C(C2C[C@@H](C)CN=NN2)O[C@H]2C[C@H]3[C@@H]4CC=C5CC(=O)CC[C@]5(C)[C@H]4CC[C@]3(C)[C@@H]12. The predicted octanol–water partition coefficient (Wildman–Crippen LogP) is 5.78. The van der Waals surface area contributed by atoms with Gasteiger partial charge < -0.3 is 4.74 Å². The largest absolute Gasteiger partial charge is 0.492 e. The summed E-state index contributed by atoms with van der Waals surface area (Å²) in [6, 6.07) is 0.166. The summed E-state index contributed by atoms with van der Waals surface area (Å²) in [5.74, 6) is 4.87. The maximum Gasteiger partial charge on any atom is 0.136 e. The van der Waals surface area contributed by atoms with Gasteiger partial charge in [-0.15, -0.1) is 0 Å². The number of ketones is 1. The average molecular weight is 438 g/mol. The van der Waals surface area contributed by atoms with Gasteiger partial charge in [-0.05, 0) is 85.5 Å². The summed E-state index contributed by atoms with van der Waals surface area (Å²) < 4.78 is 6.78. The second-order valence-electron chi connectivity index (χ2n) is 12.4. The Kier molecular flexibility index (Phi) is 4.69. The summed E-state index contributed by atoms with van der Waals surface area (Å²) >= 11 is 0. The molecule has 2 aliphatic heterocycles. The third kappa shape index (κ3) is 2.84. The lowest BCUT2D eigenvalue weighted by atomic mass is 9.47. The molecule has 3 saturated carbocycles. The van der Waals surface area contributed by atoms with Crippen molar-refractivity contribution in [2.75, 3.05) is 6.54 Å². The molecule has 174 valence electrons. The molecule has 2 heterocycles. The third-order valence-corrected chi connectivity index (χ3v) is 10.7. The van der Waals surface area contributed by atoms with E-state index in [1.165, 1.54) is 36.8 Å². The number of fused-ring (bicyclic) bond motifs is 7. The first kappa shape index (κ1) is 20.9. The van der Waals surface area contributed by atoms with Crippen molar-refractivity contribution in [3.63, 3.8) is 0 Å². The van der Waals surface area contributed by atoms with E-state index in [0.717, 1.165) is 49.3 Å². The van der Waals surface area contributed by atoms with Crippen LogP contribution < -0.4 is 5.43 Å². The highest BCUT2D eigenvalue weighted by Crippen LogP contribution is 2.68. The van der Waals surface area contributed by atoms with Crippen molar-refractivity contribution in [3.05, 3.63) is 23.0 Å². The topological polar surface area (TPSA) is 63.1 Å². The zero-order chi connectivity index (χ0) is 22.3. The van der Waals surface area contributed by atoms with Crippen molar-refractivity contribution in [1.82, 2.24) is 5.43 Å². The fourth-order valence-corrected chi connectivity index (χ4v) is 9.11. The highest BCUT2D eigenvalue weighted by molar-refractivity contribution is 5.82. The van der Waals surface area contributed by atoms with Crippen molar-refractivity contribution in [2.45, 2.75) is 91.2 Å². The van der Waals surface area contributed by atoms with Gasteiger partial charge in [0, 0.05) is 18.8 Å². The molecule has 1 unspecified atom stereocenters. The molecule has 6 aliphatic rings. The van der Waals surface area contributed by atoms with Crippen molar-refractivity contribution >= 4 is 5.78 Å². The Bertz CT molecular complexity index is 922. The van der Waals surface area contributed by atoms with Gasteiger partial charge in [0.1, 0.15) is 23.7 Å². The van der Waals surface area contributed by atoms with E-state index < -0.39 is 0 Å². The van der Waals surface area contributed by atoms with Gasteiger partial charge in [0.25, 0.3) is 0 Å². The number of carbonyl (C=O) groups excluding carboxylic acids is 1. The average Bonchev–Trinajstić information content (AvgIpc) is 3.14. The highest BCUT2D eigenvalue weighted by atomic mass is 16.5. The maximum atomic E-state index is 12.1. The number of hydrogen-bond donors (Lipinski definition) is 1. The molecule has 0 aromatic heterocycles. The van der Waals surface area contributed by atoms with Gasteiger partial charge in [0.05, 0.1) is 6.54 Å². The number of Topliss-reactive ketones (excluding diaryl/α,β-unsaturated/α-hetero) is 1. The zero-order valence-electron chi connectivity index (χ0n) is 20.2. The molecule has 0 aromatic rings. The normalized spacial score (nSPS) is 49.8. The van der Waals surface area contributed by atoms with Crippen LogP contribution in [0.1, 0.15) is 79.1 Å². The van der Waals surface area contributed by atoms with E-state index in [1.807, 2.05) is 0 Å². The molecule has 0 bridgehead atoms. The van der Waals surface area contributed by atoms with E-state index in [1.54, 1.807) is 0 Å². The molecular weight excluding hydrogens is 398 g/mol. The van der Waals surface area contributed by atoms with Crippen LogP contribution in [0.15, 0.2) is 33.3 Å². The molecular formula is C27H39N3O2. The van der Waals surface area contributed by atoms with Crippen molar-refractivity contribution in [2.24, 2.45) is 50.8 Å². The van der Waals surface area contributed by atoms with Crippen LogP contribution >= 0.6 is 0 Å². The standard InChI is InChI=1S/C27H39N3O2/c1-15-11-22(29-30-28-14-15)25-16(2)24-23(32-25)13-21-19-6-5-17-12-18(31)7-9-26(17,3)20(19)8-10-27(21,24)4/h5,15,19-24H,6-14H2,1-4H3,(H,28,29)/t15-,19-,20+,21+,22?,23+,24+,26+,27+/m1/s1. The Morgan fingerprint density at radius 2 is 2.03 bits per heavy atom. The van der Waals surface area contributed by atoms with Crippen LogP contribution in [0.25, 0.3) is 0 Å². The predicted molar refractivity (Wildman–Crippen MR) is 124 cm³/mol. The van der Waals surface area contributed by atoms with Crippen molar-refractivity contribution in [1.29, 1.82) is 0 Å². The van der Waals surface area contributed by atoms with Gasteiger partial charge in [-0.1, -0.05) is 37.6 Å². The summed E-state index contributed by atoms with van der Waals surface area (Å²) in [5, 5.41) is 8.46. The number of hydrogen-bond acceptors (Lipinski definition) is 5. The summed E-state index contributed by atoms with van der Waals surface area (Å²) in [6.45, 7) is 10.4. The van der Waals surface area contributed by atoms with E-state index >= 15 is 0 Å². The van der Waals surface area contributed by atoms with Gasteiger partial charge in [0.2, 0.25) is 0 Å². The molecule has 0 aromatic carbocycles. The van der Waals surface area contributed by atoms with Crippen LogP contribution in [-0.2, 0) is 9.53 Å². The van der Waals surface area contributed by atoms with E-state index in [2.05, 4.69) is 49.5 Å². The molecule has 0 spiro atoms. The second-order valence-corrected chi connectivity index (χ2v) is 12.4. The molecule has 6 rings (SSSR count). The quantitative estimate of drug-likeness (QED) is 0.529. The smallest absolute Gasteiger partial charge is 0.136 e. The van der Waals surface area contributed by atoms with Gasteiger partial charge in [-0.3, -0.25) is 10.2 Å². The minimum atomic E-state index is 0.166. The van der Waals surface area contributed by atoms with Crippen molar-refractivity contribution < 1.29 is 9.53 Å². The van der Waals surface area contributed by atoms with Gasteiger partial charge in [-0.25, -0.2) is 0 Å². The van der Waals surface area contributed by atoms with Gasteiger partial charge in [0.15, 0.2) is 0 Å². The number of nitrogens with zero attached hydrogens (tertiary/aromatic N) is 2. The van der Waals surface area contributed by atoms with Gasteiger partial charge in [-0.2, -0.15) is 5.11 Å². The molecule has 5 heteroatoms. The minimum Gasteiger partial charge on any atom is -0.492 e. The molecule has 9 atom stereocenters. The van der Waals surface area contributed by atoms with Gasteiger partial charge >= 0.3 is 0 Å². The summed E-state index contributed by atoms with van der Waals surface area (Å²) in [4.78, 5) is 12.1. The highest BCUT2D eigenvalue weighted by Gasteiger charge is 2.64. The third-order valence-electron chi connectivity index (χ3n) is 10.7. The lowest BCUT2D eigenvalue weighted by molar-refractivity contribution is -0.122. The minimum absolute atomic E-state index is 0.166. The fraction of sp³-hybridized carbons (Fsp3) is 0.815. The van der Waals surface area contributed by atoms with E-state index in [-0.39, 0.29) is 11.5 Å². The number of ether oxygens (including phenoxy) is 1. The van der Waals surface area contributed by atoms with E-state index in [0.29, 0.717) is 35.6 Å². The first-order chi connectivity index (χ1) is 15.3. The second kappa shape index (κ2) is 7.17. The molecule has 32 heavy (non-hydrogen) atoms. The van der Waals surface area contributed by atoms with Crippen LogP contribution in [0.2, 0.25) is 0 Å². The zero-order valence-corrected chi connectivity index (χ0v) is 20.2. The molecule has 1 N–H and O–H groups in total. The first-order valence-corrected chi connectivity index (χ1v) is 13.0. The first-order valence-electron chi connectivity index (χ1n) is 13.0. The summed E-state index contributed by atoms with van der Waals surface area (Å²) in [7, 11) is 0. The number of carbonyl (C=O) groups is 1. The Morgan fingerprint density at radius 3 is 2.88 bits per heavy atom. The van der Waals surface area contributed by atoms with Crippen LogP contribution in [0, 0.1) is 40.4 Å². The van der Waals surface area contributed by atoms with Crippen LogP contribution in [0.5, 0.6) is 0 Å². The van der Waals surface area contributed by atoms with E-state index in [4.69, 9.17) is 4.74 Å². The Morgan fingerprint density at radius 1 is 1.19 bits per heavy atom. The summed E-state index contributed by atoms with van der Waals surface area (Å²) in [5.41, 5.74) is 6.79.